The SMILES string of the molecule is CN(c1ccc2c(c1)C(C)(C)c1ccccc1-2)c1ccc2c(sc3c2ccc2c3c3ccccc3n2-c2ccc3c(c2)C(C)(C)c2ccccc2-3)c1-c1ccccc1. The smallest absolute Gasteiger partial charge is 0.0555 e. The largest absolute Gasteiger partial charge is 0.344 e. The summed E-state index contributed by atoms with van der Waals surface area (Å²) in [5.41, 5.74) is 19.5. The van der Waals surface area contributed by atoms with Crippen LogP contribution in [0.2, 0.25) is 0 Å². The molecule has 0 bridgehead atoms. The third kappa shape index (κ3) is 4.43. The zero-order valence-electron chi connectivity index (χ0n) is 33.4. The first kappa shape index (κ1) is 33.7. The summed E-state index contributed by atoms with van der Waals surface area (Å²) >= 11 is 1.95. The number of benzene rings is 8. The molecule has 0 saturated heterocycles. The molecule has 0 radical (unpaired) electrons. The highest BCUT2D eigenvalue weighted by molar-refractivity contribution is 7.27. The summed E-state index contributed by atoms with van der Waals surface area (Å²) in [5.74, 6) is 0. The molecule has 0 unspecified atom stereocenters. The fraction of sp³-hybridized carbons (Fsp3) is 0.127. The van der Waals surface area contributed by atoms with E-state index >= 15 is 0 Å². The number of para-hydroxylation sites is 1. The van der Waals surface area contributed by atoms with Crippen LogP contribution in [0.3, 0.4) is 0 Å². The van der Waals surface area contributed by atoms with E-state index in [4.69, 9.17) is 0 Å². The van der Waals surface area contributed by atoms with Crippen LogP contribution in [0.5, 0.6) is 0 Å². The summed E-state index contributed by atoms with van der Waals surface area (Å²) in [6.07, 6.45) is 0. The van der Waals surface area contributed by atoms with Crippen molar-refractivity contribution in [2.45, 2.75) is 38.5 Å². The van der Waals surface area contributed by atoms with Gasteiger partial charge in [0.2, 0.25) is 0 Å². The maximum Gasteiger partial charge on any atom is 0.0555 e. The molecular formula is C55H42N2S. The molecule has 12 rings (SSSR count). The number of nitrogens with zero attached hydrogens (tertiary/aromatic N) is 2. The fourth-order valence-electron chi connectivity index (χ4n) is 10.7. The van der Waals surface area contributed by atoms with E-state index in [0.717, 1.165) is 0 Å². The lowest BCUT2D eigenvalue weighted by Crippen LogP contribution is -2.16. The molecule has 0 spiro atoms. The number of fused-ring (bicyclic) bond motifs is 13. The first-order valence-electron chi connectivity index (χ1n) is 20.4. The summed E-state index contributed by atoms with van der Waals surface area (Å²) in [6.45, 7) is 9.46. The quantitative estimate of drug-likeness (QED) is 0.173. The van der Waals surface area contributed by atoms with Crippen molar-refractivity contribution < 1.29 is 0 Å². The molecule has 278 valence electrons. The zero-order chi connectivity index (χ0) is 39.1. The molecule has 2 nitrogen and oxygen atoms in total. The molecule has 0 fully saturated rings. The number of thiophene rings is 1. The van der Waals surface area contributed by atoms with Crippen molar-refractivity contribution in [3.05, 3.63) is 186 Å². The van der Waals surface area contributed by atoms with Crippen molar-refractivity contribution in [1.29, 1.82) is 0 Å². The zero-order valence-corrected chi connectivity index (χ0v) is 34.2. The van der Waals surface area contributed by atoms with Crippen LogP contribution in [0.1, 0.15) is 49.9 Å². The highest BCUT2D eigenvalue weighted by atomic mass is 32.1. The van der Waals surface area contributed by atoms with Gasteiger partial charge in [-0.15, -0.1) is 11.3 Å². The number of aromatic nitrogens is 1. The normalized spacial score (nSPS) is 14.6. The van der Waals surface area contributed by atoms with E-state index in [1.807, 2.05) is 11.3 Å². The lowest BCUT2D eigenvalue weighted by molar-refractivity contribution is 0.660. The number of rotatable bonds is 4. The summed E-state index contributed by atoms with van der Waals surface area (Å²) in [6, 6.07) is 61.4. The molecule has 2 aliphatic rings. The topological polar surface area (TPSA) is 8.17 Å². The van der Waals surface area contributed by atoms with Crippen LogP contribution in [0, 0.1) is 0 Å². The molecular weight excluding hydrogens is 721 g/mol. The highest BCUT2D eigenvalue weighted by Gasteiger charge is 2.37. The van der Waals surface area contributed by atoms with E-state index < -0.39 is 0 Å². The summed E-state index contributed by atoms with van der Waals surface area (Å²) in [4.78, 5) is 2.40. The average Bonchev–Trinajstić information content (AvgIpc) is 3.94. The highest BCUT2D eigenvalue weighted by Crippen LogP contribution is 2.53. The monoisotopic (exact) mass is 762 g/mol. The van der Waals surface area contributed by atoms with Gasteiger partial charge in [-0.05, 0) is 92.5 Å². The third-order valence-corrected chi connectivity index (χ3v) is 14.9. The van der Waals surface area contributed by atoms with Gasteiger partial charge in [-0.1, -0.05) is 149 Å². The van der Waals surface area contributed by atoms with Crippen molar-refractivity contribution in [1.82, 2.24) is 4.57 Å². The van der Waals surface area contributed by atoms with Crippen LogP contribution in [0.15, 0.2) is 164 Å². The Bertz CT molecular complexity index is 3360. The van der Waals surface area contributed by atoms with Gasteiger partial charge in [0, 0.05) is 65.8 Å². The number of hydrogen-bond acceptors (Lipinski definition) is 2. The lowest BCUT2D eigenvalue weighted by atomic mass is 9.82. The number of hydrogen-bond donors (Lipinski definition) is 0. The predicted octanol–water partition coefficient (Wildman–Crippen LogP) is 15.2. The fourth-order valence-corrected chi connectivity index (χ4v) is 12.1. The Labute approximate surface area is 343 Å². The molecule has 0 aliphatic heterocycles. The molecule has 8 aromatic carbocycles. The Morgan fingerprint density at radius 2 is 1.05 bits per heavy atom. The van der Waals surface area contributed by atoms with E-state index in [9.17, 15) is 0 Å². The minimum absolute atomic E-state index is 0.0635. The van der Waals surface area contributed by atoms with E-state index in [1.54, 1.807) is 0 Å². The first-order valence-corrected chi connectivity index (χ1v) is 21.2. The predicted molar refractivity (Wildman–Crippen MR) is 249 cm³/mol. The molecule has 58 heavy (non-hydrogen) atoms. The maximum absolute atomic E-state index is 2.50. The third-order valence-electron chi connectivity index (χ3n) is 13.6. The Morgan fingerprint density at radius 1 is 0.466 bits per heavy atom. The molecule has 0 atom stereocenters. The van der Waals surface area contributed by atoms with E-state index in [0.29, 0.717) is 0 Å². The van der Waals surface area contributed by atoms with Gasteiger partial charge in [0.05, 0.1) is 16.7 Å². The summed E-state index contributed by atoms with van der Waals surface area (Å²) < 4.78 is 5.16. The number of anilines is 2. The van der Waals surface area contributed by atoms with Gasteiger partial charge in [0.1, 0.15) is 0 Å². The summed E-state index contributed by atoms with van der Waals surface area (Å²) in [5, 5.41) is 5.23. The van der Waals surface area contributed by atoms with Crippen LogP contribution in [0.4, 0.5) is 11.4 Å². The lowest BCUT2D eigenvalue weighted by Gasteiger charge is -2.26. The van der Waals surface area contributed by atoms with Crippen LogP contribution >= 0.6 is 11.3 Å². The second-order valence-corrected chi connectivity index (χ2v) is 18.4. The van der Waals surface area contributed by atoms with E-state index in [2.05, 4.69) is 208 Å². The Morgan fingerprint density at radius 3 is 1.79 bits per heavy atom. The van der Waals surface area contributed by atoms with E-state index in [1.165, 1.54) is 115 Å². The first-order chi connectivity index (χ1) is 28.2. The molecule has 2 heterocycles. The van der Waals surface area contributed by atoms with Crippen molar-refractivity contribution in [2.75, 3.05) is 11.9 Å². The molecule has 0 N–H and O–H groups in total. The van der Waals surface area contributed by atoms with Crippen LogP contribution in [0.25, 0.3) is 81.0 Å². The second-order valence-electron chi connectivity index (χ2n) is 17.4. The molecule has 10 aromatic rings. The second kappa shape index (κ2) is 11.8. The minimum Gasteiger partial charge on any atom is -0.344 e. The molecule has 0 saturated carbocycles. The summed E-state index contributed by atoms with van der Waals surface area (Å²) in [7, 11) is 2.24. The average molecular weight is 763 g/mol. The van der Waals surface area contributed by atoms with Gasteiger partial charge in [-0.25, -0.2) is 0 Å². The van der Waals surface area contributed by atoms with Crippen molar-refractivity contribution in [3.63, 3.8) is 0 Å². The Kier molecular flexibility index (Phi) is 6.86. The maximum atomic E-state index is 2.50. The molecule has 3 heteroatoms. The van der Waals surface area contributed by atoms with Gasteiger partial charge in [0.25, 0.3) is 0 Å². The molecule has 2 aromatic heterocycles. The molecule has 0 amide bonds. The van der Waals surface area contributed by atoms with Crippen molar-refractivity contribution >= 4 is 64.7 Å². The van der Waals surface area contributed by atoms with Crippen molar-refractivity contribution in [3.8, 4) is 39.1 Å². The van der Waals surface area contributed by atoms with Gasteiger partial charge in [0.15, 0.2) is 0 Å². The Hall–Kier alpha value is -6.42. The standard InChI is InChI=1S/C55H42N2S/c1-54(2)43-20-12-9-17-36(43)38-25-23-34(31-45(38)54)56(5)48-29-27-40-41-28-30-49-51(53(41)58-52(40)50(48)33-15-7-6-8-16-33)42-19-11-14-22-47(42)57(49)35-24-26-39-37-18-10-13-21-44(37)55(3,4)46(39)32-35/h6-32H,1-5H3. The van der Waals surface area contributed by atoms with Crippen LogP contribution < -0.4 is 4.90 Å². The molecule has 2 aliphatic carbocycles. The van der Waals surface area contributed by atoms with Gasteiger partial charge in [-0.3, -0.25) is 0 Å². The van der Waals surface area contributed by atoms with Gasteiger partial charge in [-0.2, -0.15) is 0 Å². The minimum atomic E-state index is -0.0703. The van der Waals surface area contributed by atoms with Gasteiger partial charge >= 0.3 is 0 Å². The van der Waals surface area contributed by atoms with E-state index in [-0.39, 0.29) is 10.8 Å². The van der Waals surface area contributed by atoms with Crippen molar-refractivity contribution in [2.24, 2.45) is 0 Å². The van der Waals surface area contributed by atoms with Crippen LogP contribution in [-0.2, 0) is 10.8 Å². The van der Waals surface area contributed by atoms with Gasteiger partial charge < -0.3 is 9.47 Å². The van der Waals surface area contributed by atoms with Crippen LogP contribution in [-0.4, -0.2) is 11.6 Å². The Balaban J connectivity index is 1.07.